The summed E-state index contributed by atoms with van der Waals surface area (Å²) < 4.78 is 15.7. The second kappa shape index (κ2) is 31.5. The van der Waals surface area contributed by atoms with E-state index in [-0.39, 0.29) is 78.9 Å². The van der Waals surface area contributed by atoms with Gasteiger partial charge in [-0.2, -0.15) is 23.5 Å². The molecule has 0 aliphatic carbocycles. The van der Waals surface area contributed by atoms with Gasteiger partial charge in [0.2, 0.25) is 11.8 Å². The lowest BCUT2D eigenvalue weighted by atomic mass is 10.0. The summed E-state index contributed by atoms with van der Waals surface area (Å²) in [7, 11) is 1.28. The molecule has 4 aliphatic rings. The van der Waals surface area contributed by atoms with E-state index in [1.54, 1.807) is 0 Å². The Bertz CT molecular complexity index is 1970. The Morgan fingerprint density at radius 2 is 1.21 bits per heavy atom. The molecule has 72 heavy (non-hydrogen) atoms. The van der Waals surface area contributed by atoms with E-state index in [1.807, 2.05) is 30.4 Å². The molecule has 0 aromatic heterocycles. The Morgan fingerprint density at radius 1 is 0.667 bits per heavy atom. The van der Waals surface area contributed by atoms with Gasteiger partial charge in [-0.15, -0.1) is 0 Å². The summed E-state index contributed by atoms with van der Waals surface area (Å²) >= 11 is 3.81. The fourth-order valence-electron chi connectivity index (χ4n) is 9.13. The maximum Gasteiger partial charge on any atom is 0.328 e. The van der Waals surface area contributed by atoms with Crippen LogP contribution in [-0.2, 0) is 28.6 Å². The van der Waals surface area contributed by atoms with Crippen molar-refractivity contribution >= 4 is 76.8 Å². The zero-order valence-electron chi connectivity index (χ0n) is 41.9. The topological polar surface area (TPSA) is 324 Å². The number of fused-ring (bicyclic) bond motifs is 2. The van der Waals surface area contributed by atoms with Gasteiger partial charge in [0.1, 0.15) is 6.04 Å². The highest BCUT2D eigenvalue weighted by Crippen LogP contribution is 2.34. The van der Waals surface area contributed by atoms with Crippen LogP contribution in [0, 0.1) is 10.8 Å². The molecule has 8 atom stereocenters. The van der Waals surface area contributed by atoms with Crippen LogP contribution < -0.4 is 58.9 Å². The first-order valence-electron chi connectivity index (χ1n) is 25.6. The largest absolute Gasteiger partial charge is 0.467 e. The zero-order valence-corrected chi connectivity index (χ0v) is 43.5. The minimum absolute atomic E-state index is 0.0209. The minimum Gasteiger partial charge on any atom is -0.467 e. The first-order valence-corrected chi connectivity index (χ1v) is 27.7. The molecule has 5 rings (SSSR count). The van der Waals surface area contributed by atoms with E-state index < -0.39 is 29.9 Å². The molecular formula is C48H79N13O9S2. The molecule has 402 valence electrons. The number of ether oxygens (including phenoxy) is 3. The van der Waals surface area contributed by atoms with Crippen LogP contribution in [0.1, 0.15) is 118 Å². The monoisotopic (exact) mass is 1050 g/mol. The molecule has 14 N–H and O–H groups in total. The molecule has 0 radical (unpaired) electrons. The number of nitrogens with one attached hydrogen (secondary N) is 12. The van der Waals surface area contributed by atoms with Gasteiger partial charge in [0.15, 0.2) is 11.9 Å². The molecule has 22 nitrogen and oxygen atoms in total. The van der Waals surface area contributed by atoms with E-state index in [0.29, 0.717) is 99.9 Å². The quantitative estimate of drug-likeness (QED) is 0.0346. The van der Waals surface area contributed by atoms with Crippen LogP contribution in [0.4, 0.5) is 10.5 Å². The Morgan fingerprint density at radius 3 is 1.76 bits per heavy atom. The molecule has 24 heteroatoms. The van der Waals surface area contributed by atoms with Crippen LogP contribution in [0.15, 0.2) is 18.2 Å². The van der Waals surface area contributed by atoms with Crippen molar-refractivity contribution in [1.29, 1.82) is 10.8 Å². The third-order valence-corrected chi connectivity index (χ3v) is 15.9. The normalized spacial score (nSPS) is 21.4. The number of benzene rings is 1. The predicted octanol–water partition coefficient (Wildman–Crippen LogP) is 1.84. The summed E-state index contributed by atoms with van der Waals surface area (Å²) in [5, 5.41) is 46.3. The number of carbonyl (C=O) groups is 6. The summed E-state index contributed by atoms with van der Waals surface area (Å²) in [5.41, 5.74) is 5.98. The summed E-state index contributed by atoms with van der Waals surface area (Å²) in [5.74, 6) is 1.08. The Kier molecular flexibility index (Phi) is 25.3. The molecule has 4 heterocycles. The number of urea groups is 1. The molecule has 1 aromatic rings. The molecule has 4 fully saturated rings. The number of amides is 6. The van der Waals surface area contributed by atoms with Gasteiger partial charge >= 0.3 is 12.0 Å². The molecule has 0 spiro atoms. The minimum atomic E-state index is -0.827. The standard InChI is InChI=1S/C48H79N13O9S2/c1-30(55-39(62)15-5-3-13-37-41-35(28-71-37)58-46(50)60-41)11-7-9-18-52-43(64)31-25-32(27-33(26-31)56-48(67)54-20-22-70-24-23-69-21-17-49)44(65)53-19-10-8-12-34(45(66)68-2)57-40(63)16-6-4-14-38-42-36(29-72-38)59-47(51)61-42/h25-27,30,34-38,41-42H,3-24,28-29,49H2,1-2H3,(H,52,64)(H,53,65)(H,55,62)(H,57,63)(H3,50,58,60)(H3,51,59,61)(H2,54,56,67)/t30-,34+,35+,36+,37+,38+,41+,42+/m1/s1. The zero-order chi connectivity index (χ0) is 51.7. The van der Waals surface area contributed by atoms with Gasteiger partial charge in [0, 0.05) is 83.9 Å². The van der Waals surface area contributed by atoms with Crippen LogP contribution in [0.3, 0.4) is 0 Å². The van der Waals surface area contributed by atoms with Crippen molar-refractivity contribution in [2.24, 2.45) is 5.73 Å². The van der Waals surface area contributed by atoms with Gasteiger partial charge < -0.3 is 73.1 Å². The van der Waals surface area contributed by atoms with E-state index in [1.165, 1.54) is 25.3 Å². The summed E-state index contributed by atoms with van der Waals surface area (Å²) in [6.07, 6.45) is 9.43. The van der Waals surface area contributed by atoms with Crippen molar-refractivity contribution < 1.29 is 43.0 Å². The molecule has 0 unspecified atom stereocenters. The van der Waals surface area contributed by atoms with Crippen molar-refractivity contribution in [2.45, 2.75) is 144 Å². The second-order valence-corrected chi connectivity index (χ2v) is 21.2. The van der Waals surface area contributed by atoms with Gasteiger partial charge in [-0.3, -0.25) is 30.0 Å². The number of carbonyl (C=O) groups excluding carboxylic acids is 6. The fraction of sp³-hybridized carbons (Fsp3) is 0.708. The van der Waals surface area contributed by atoms with Crippen LogP contribution in [0.25, 0.3) is 0 Å². The number of hydrogen-bond donors (Lipinski definition) is 13. The average molecular weight is 1050 g/mol. The molecule has 4 saturated heterocycles. The smallest absolute Gasteiger partial charge is 0.328 e. The third-order valence-electron chi connectivity index (χ3n) is 12.9. The highest BCUT2D eigenvalue weighted by Gasteiger charge is 2.42. The van der Waals surface area contributed by atoms with E-state index in [2.05, 4.69) is 53.2 Å². The molecule has 0 bridgehead atoms. The van der Waals surface area contributed by atoms with Crippen LogP contribution in [0.2, 0.25) is 0 Å². The summed E-state index contributed by atoms with van der Waals surface area (Å²) in [4.78, 5) is 77.8. The van der Waals surface area contributed by atoms with Gasteiger partial charge in [0.05, 0.1) is 57.7 Å². The van der Waals surface area contributed by atoms with Gasteiger partial charge in [-0.25, -0.2) is 9.59 Å². The van der Waals surface area contributed by atoms with Crippen molar-refractivity contribution in [2.75, 3.05) is 76.5 Å². The van der Waals surface area contributed by atoms with Gasteiger partial charge in [-0.05, 0) is 89.3 Å². The number of esters is 1. The first kappa shape index (κ1) is 57.9. The molecular weight excluding hydrogens is 967 g/mol. The van der Waals surface area contributed by atoms with Crippen molar-refractivity contribution in [3.63, 3.8) is 0 Å². The van der Waals surface area contributed by atoms with E-state index in [0.717, 1.165) is 56.5 Å². The molecule has 4 aliphatic heterocycles. The maximum atomic E-state index is 13.5. The number of thioether (sulfide) groups is 2. The van der Waals surface area contributed by atoms with Crippen molar-refractivity contribution in [1.82, 2.24) is 47.9 Å². The second-order valence-electron chi connectivity index (χ2n) is 18.6. The molecule has 1 aromatic carbocycles. The lowest BCUT2D eigenvalue weighted by Gasteiger charge is -2.18. The van der Waals surface area contributed by atoms with Crippen molar-refractivity contribution in [3.05, 3.63) is 29.3 Å². The predicted molar refractivity (Wildman–Crippen MR) is 281 cm³/mol. The average Bonchev–Trinajstić information content (AvgIpc) is 4.13. The SMILES string of the molecule is COC(=O)[C@H](CCCCNC(=O)c1cc(NC(=O)NCCOCCOCCN)cc(C(=O)NCCCC[C@@H](C)NC(=O)CCCC[C@@H]2SC[C@@H]3NC(=N)N[C@@H]32)c1)NC(=O)CCCC[C@@H]1SC[C@@H]2NC(=N)N[C@@H]21. The van der Waals surface area contributed by atoms with Crippen LogP contribution in [0.5, 0.6) is 0 Å². The van der Waals surface area contributed by atoms with Crippen LogP contribution in [-0.4, -0.2) is 166 Å². The van der Waals surface area contributed by atoms with E-state index in [9.17, 15) is 28.8 Å². The number of unbranched alkanes of at least 4 members (excludes halogenated alkanes) is 4. The number of nitrogens with two attached hydrogens (primary N) is 1. The lowest BCUT2D eigenvalue weighted by Crippen LogP contribution is -2.41. The Labute approximate surface area is 432 Å². The van der Waals surface area contributed by atoms with E-state index >= 15 is 0 Å². The number of rotatable bonds is 34. The van der Waals surface area contributed by atoms with Crippen LogP contribution >= 0.6 is 23.5 Å². The van der Waals surface area contributed by atoms with Crippen molar-refractivity contribution in [3.8, 4) is 0 Å². The summed E-state index contributed by atoms with van der Waals surface area (Å²) in [6, 6.07) is 4.15. The first-order chi connectivity index (χ1) is 34.8. The highest BCUT2D eigenvalue weighted by atomic mass is 32.2. The number of guanidine groups is 2. The third kappa shape index (κ3) is 20.1. The van der Waals surface area contributed by atoms with Gasteiger partial charge in [-0.1, -0.05) is 12.8 Å². The summed E-state index contributed by atoms with van der Waals surface area (Å²) in [6.45, 7) is 4.59. The number of methoxy groups -OCH3 is 1. The Balaban J connectivity index is 1.02. The molecule has 6 amide bonds. The van der Waals surface area contributed by atoms with Gasteiger partial charge in [0.25, 0.3) is 11.8 Å². The molecule has 0 saturated carbocycles. The van der Waals surface area contributed by atoms with E-state index in [4.69, 9.17) is 30.8 Å². The number of anilines is 1. The fourth-order valence-corrected chi connectivity index (χ4v) is 12.2. The highest BCUT2D eigenvalue weighted by molar-refractivity contribution is 8.00. The maximum absolute atomic E-state index is 13.5. The number of hydrogen-bond acceptors (Lipinski definition) is 14. The Hall–Kier alpha value is -5.04. The lowest BCUT2D eigenvalue weighted by molar-refractivity contribution is -0.145.